The lowest BCUT2D eigenvalue weighted by Crippen LogP contribution is -3.11. The van der Waals surface area contributed by atoms with Crippen LogP contribution >= 0.6 is 0 Å². The number of ether oxygens (including phenoxy) is 1. The zero-order chi connectivity index (χ0) is 23.5. The van der Waals surface area contributed by atoms with Gasteiger partial charge in [0.05, 0.1) is 25.7 Å². The van der Waals surface area contributed by atoms with E-state index in [1.807, 2.05) is 13.0 Å². The van der Waals surface area contributed by atoms with Crippen LogP contribution in [0.15, 0.2) is 48.3 Å². The summed E-state index contributed by atoms with van der Waals surface area (Å²) in [5.41, 5.74) is 2.04. The van der Waals surface area contributed by atoms with Crippen molar-refractivity contribution in [2.75, 3.05) is 26.2 Å². The van der Waals surface area contributed by atoms with Crippen LogP contribution < -0.4 is 14.7 Å². The van der Waals surface area contributed by atoms with E-state index in [1.54, 1.807) is 41.6 Å². The summed E-state index contributed by atoms with van der Waals surface area (Å²) in [6, 6.07) is 8.10. The van der Waals surface area contributed by atoms with E-state index in [1.165, 1.54) is 4.90 Å². The molecule has 0 spiro atoms. The molecule has 1 N–H and O–H groups in total. The minimum atomic E-state index is -0.721. The summed E-state index contributed by atoms with van der Waals surface area (Å²) >= 11 is 0. The number of quaternary nitrogens is 1. The third-order valence-corrected chi connectivity index (χ3v) is 6.62. The third-order valence-electron chi connectivity index (χ3n) is 6.62. The van der Waals surface area contributed by atoms with Gasteiger partial charge in [-0.25, -0.2) is 0 Å². The maximum absolute atomic E-state index is 13.6. The first-order valence-corrected chi connectivity index (χ1v) is 11.7. The third kappa shape index (κ3) is 4.50. The van der Waals surface area contributed by atoms with E-state index in [0.717, 1.165) is 37.4 Å². The minimum Gasteiger partial charge on any atom is -0.872 e. The maximum Gasteiger partial charge on any atom is 0.295 e. The number of ketones is 1. The molecule has 4 rings (SSSR count). The quantitative estimate of drug-likeness (QED) is 0.368. The van der Waals surface area contributed by atoms with Crippen LogP contribution in [-0.2, 0) is 16.0 Å². The van der Waals surface area contributed by atoms with Gasteiger partial charge >= 0.3 is 0 Å². The van der Waals surface area contributed by atoms with Gasteiger partial charge in [-0.05, 0) is 55.7 Å². The molecule has 7 nitrogen and oxygen atoms in total. The van der Waals surface area contributed by atoms with Gasteiger partial charge in [0.15, 0.2) is 0 Å². The van der Waals surface area contributed by atoms with Gasteiger partial charge in [0.2, 0.25) is 5.78 Å². The molecule has 2 aromatic rings. The van der Waals surface area contributed by atoms with E-state index in [0.29, 0.717) is 24.1 Å². The highest BCUT2D eigenvalue weighted by atomic mass is 16.5. The van der Waals surface area contributed by atoms with E-state index in [2.05, 4.69) is 18.8 Å². The van der Waals surface area contributed by atoms with Crippen LogP contribution in [0.3, 0.4) is 0 Å². The summed E-state index contributed by atoms with van der Waals surface area (Å²) in [5.74, 6) is -0.961. The molecule has 0 aliphatic carbocycles. The lowest BCUT2D eigenvalue weighted by Gasteiger charge is -2.27. The second-order valence-electron chi connectivity index (χ2n) is 8.78. The van der Waals surface area contributed by atoms with E-state index in [4.69, 9.17) is 4.74 Å². The number of aromatic nitrogens is 1. The zero-order valence-electron chi connectivity index (χ0n) is 19.5. The number of hydrogen-bond acceptors (Lipinski definition) is 5. The van der Waals surface area contributed by atoms with Crippen LogP contribution in [0.25, 0.3) is 5.76 Å². The summed E-state index contributed by atoms with van der Waals surface area (Å²) in [4.78, 5) is 33.3. The van der Waals surface area contributed by atoms with Crippen LogP contribution in [0.1, 0.15) is 49.9 Å². The SMILES string of the molecule is CC[NH+](CC)CCCN1C(=O)C(=O)/C(=C(/[O-])c2ccc3c(c2)CC(C)O3)C1c1cccnc1. The van der Waals surface area contributed by atoms with Gasteiger partial charge in [0, 0.05) is 37.4 Å². The molecule has 2 unspecified atom stereocenters. The molecule has 1 aromatic heterocycles. The molecule has 1 saturated heterocycles. The fourth-order valence-electron chi connectivity index (χ4n) is 4.81. The molecule has 174 valence electrons. The molecule has 7 heteroatoms. The van der Waals surface area contributed by atoms with Gasteiger partial charge in [-0.3, -0.25) is 14.6 Å². The summed E-state index contributed by atoms with van der Waals surface area (Å²) in [6.45, 7) is 9.57. The first-order chi connectivity index (χ1) is 15.9. The number of hydrogen-bond donors (Lipinski definition) is 1. The van der Waals surface area contributed by atoms with Crippen LogP contribution in [0.2, 0.25) is 0 Å². The molecule has 3 heterocycles. The highest BCUT2D eigenvalue weighted by molar-refractivity contribution is 6.46. The van der Waals surface area contributed by atoms with Gasteiger partial charge in [0.25, 0.3) is 5.91 Å². The molecule has 0 saturated carbocycles. The molecular weight excluding hydrogens is 418 g/mol. The summed E-state index contributed by atoms with van der Waals surface area (Å²) in [7, 11) is 0. The molecule has 33 heavy (non-hydrogen) atoms. The smallest absolute Gasteiger partial charge is 0.295 e. The van der Waals surface area contributed by atoms with Crippen molar-refractivity contribution < 1.29 is 24.3 Å². The number of carbonyl (C=O) groups excluding carboxylic acids is 2. The number of benzene rings is 1. The average molecular weight is 450 g/mol. The van der Waals surface area contributed by atoms with E-state index >= 15 is 0 Å². The summed E-state index contributed by atoms with van der Waals surface area (Å²) in [6.07, 6.45) is 4.79. The van der Waals surface area contributed by atoms with E-state index < -0.39 is 23.5 Å². The predicted octanol–water partition coefficient (Wildman–Crippen LogP) is 0.944. The molecule has 1 aromatic carbocycles. The van der Waals surface area contributed by atoms with Gasteiger partial charge in [0.1, 0.15) is 11.9 Å². The monoisotopic (exact) mass is 449 g/mol. The standard InChI is InChI=1S/C26H31N3O4/c1-4-28(5-2)12-7-13-29-23(19-8-6-11-27-16-19)22(25(31)26(29)32)24(30)18-9-10-21-20(15-18)14-17(3)33-21/h6,8-11,15-17,23,30H,4-5,7,12-14H2,1-3H3/b24-22+. The first kappa shape index (κ1) is 23.0. The van der Waals surface area contributed by atoms with Crippen molar-refractivity contribution in [2.24, 2.45) is 0 Å². The molecule has 0 radical (unpaired) electrons. The molecular formula is C26H31N3O4. The van der Waals surface area contributed by atoms with Crippen molar-refractivity contribution in [1.29, 1.82) is 0 Å². The largest absolute Gasteiger partial charge is 0.872 e. The normalized spacial score (nSPS) is 21.5. The fraction of sp³-hybridized carbons (Fsp3) is 0.423. The minimum absolute atomic E-state index is 0.00935. The predicted molar refractivity (Wildman–Crippen MR) is 122 cm³/mol. The fourth-order valence-corrected chi connectivity index (χ4v) is 4.81. The Morgan fingerprint density at radius 1 is 1.24 bits per heavy atom. The Morgan fingerprint density at radius 3 is 2.73 bits per heavy atom. The van der Waals surface area contributed by atoms with Crippen molar-refractivity contribution in [1.82, 2.24) is 9.88 Å². The second-order valence-corrected chi connectivity index (χ2v) is 8.78. The van der Waals surface area contributed by atoms with Crippen molar-refractivity contribution in [3.05, 3.63) is 65.0 Å². The lowest BCUT2D eigenvalue weighted by atomic mass is 9.95. The molecule has 2 aliphatic heterocycles. The topological polar surface area (TPSA) is 87.0 Å². The van der Waals surface area contributed by atoms with Crippen LogP contribution in [0, 0.1) is 0 Å². The molecule has 2 aliphatic rings. The van der Waals surface area contributed by atoms with Crippen molar-refractivity contribution in [3.8, 4) is 5.75 Å². The van der Waals surface area contributed by atoms with Gasteiger partial charge < -0.3 is 19.6 Å². The summed E-state index contributed by atoms with van der Waals surface area (Å²) in [5, 5.41) is 13.6. The molecule has 1 fully saturated rings. The van der Waals surface area contributed by atoms with Gasteiger partial charge in [-0.2, -0.15) is 0 Å². The Bertz CT molecular complexity index is 1060. The highest BCUT2D eigenvalue weighted by Gasteiger charge is 2.44. The van der Waals surface area contributed by atoms with Crippen molar-refractivity contribution >= 4 is 17.4 Å². The lowest BCUT2D eigenvalue weighted by molar-refractivity contribution is -0.896. The zero-order valence-corrected chi connectivity index (χ0v) is 19.5. The maximum atomic E-state index is 13.6. The van der Waals surface area contributed by atoms with Crippen LogP contribution in [0.4, 0.5) is 0 Å². The Labute approximate surface area is 194 Å². The molecule has 1 amide bonds. The van der Waals surface area contributed by atoms with E-state index in [-0.39, 0.29) is 11.7 Å². The number of pyridine rings is 1. The summed E-state index contributed by atoms with van der Waals surface area (Å²) < 4.78 is 5.74. The number of Topliss-reactive ketones (excluding diaryl/α,β-unsaturated/α-hetero) is 1. The Hall–Kier alpha value is -3.19. The highest BCUT2D eigenvalue weighted by Crippen LogP contribution is 2.39. The molecule has 2 atom stereocenters. The first-order valence-electron chi connectivity index (χ1n) is 11.7. The average Bonchev–Trinajstić information content (AvgIpc) is 3.32. The number of rotatable bonds is 8. The molecule has 0 bridgehead atoms. The number of fused-ring (bicyclic) bond motifs is 1. The Kier molecular flexibility index (Phi) is 6.79. The number of nitrogens with one attached hydrogen (secondary N) is 1. The number of nitrogens with zero attached hydrogens (tertiary/aromatic N) is 2. The van der Waals surface area contributed by atoms with Gasteiger partial charge in [-0.15, -0.1) is 0 Å². The van der Waals surface area contributed by atoms with Crippen molar-refractivity contribution in [3.63, 3.8) is 0 Å². The van der Waals surface area contributed by atoms with E-state index in [9.17, 15) is 14.7 Å². The van der Waals surface area contributed by atoms with Gasteiger partial charge in [-0.1, -0.05) is 17.9 Å². The van der Waals surface area contributed by atoms with Crippen molar-refractivity contribution in [2.45, 2.75) is 45.8 Å². The number of amides is 1. The Morgan fingerprint density at radius 2 is 2.03 bits per heavy atom. The number of likely N-dealkylation sites (tertiary alicyclic amines) is 1. The second kappa shape index (κ2) is 9.75. The van der Waals surface area contributed by atoms with Crippen LogP contribution in [-0.4, -0.2) is 53.9 Å². The van der Waals surface area contributed by atoms with Crippen LogP contribution in [0.5, 0.6) is 5.75 Å². The Balaban J connectivity index is 1.71. The number of carbonyl (C=O) groups is 2.